The summed E-state index contributed by atoms with van der Waals surface area (Å²) in [4.78, 5) is 28.7. The predicted octanol–water partition coefficient (Wildman–Crippen LogP) is 5.25. The van der Waals surface area contributed by atoms with E-state index in [4.69, 9.17) is 0 Å². The van der Waals surface area contributed by atoms with E-state index in [1.165, 1.54) is 5.56 Å². The third-order valence-corrected chi connectivity index (χ3v) is 7.59. The van der Waals surface area contributed by atoms with Crippen LogP contribution < -0.4 is 15.5 Å². The smallest absolute Gasteiger partial charge is 0.251 e. The number of aliphatic hydroxyl groups is 1. The first-order valence-electron chi connectivity index (χ1n) is 14.6. The van der Waals surface area contributed by atoms with E-state index in [1.54, 1.807) is 0 Å². The number of anilines is 1. The van der Waals surface area contributed by atoms with Gasteiger partial charge in [-0.25, -0.2) is 0 Å². The molecule has 6 heteroatoms. The lowest BCUT2D eigenvalue weighted by atomic mass is 9.89. The molecule has 3 aromatic carbocycles. The third kappa shape index (κ3) is 8.03. The fraction of sp³-hybridized carbons (Fsp3) is 0.412. The van der Waals surface area contributed by atoms with Crippen LogP contribution in [0.5, 0.6) is 0 Å². The van der Waals surface area contributed by atoms with Crippen molar-refractivity contribution in [2.75, 3.05) is 18.0 Å². The average Bonchev–Trinajstić information content (AvgIpc) is 2.96. The molecule has 0 saturated carbocycles. The van der Waals surface area contributed by atoms with E-state index in [0.717, 1.165) is 36.1 Å². The minimum Gasteiger partial charge on any atom is -0.390 e. The Kier molecular flexibility index (Phi) is 10.5. The van der Waals surface area contributed by atoms with Crippen molar-refractivity contribution >= 4 is 17.5 Å². The Morgan fingerprint density at radius 2 is 1.70 bits per heavy atom. The van der Waals surface area contributed by atoms with Gasteiger partial charge in [-0.15, -0.1) is 0 Å². The predicted molar refractivity (Wildman–Crippen MR) is 162 cm³/mol. The number of amides is 2. The maximum absolute atomic E-state index is 13.7. The highest BCUT2D eigenvalue weighted by atomic mass is 16.3. The molecule has 0 spiro atoms. The van der Waals surface area contributed by atoms with Crippen LogP contribution in [-0.2, 0) is 17.6 Å². The first kappa shape index (κ1) is 29.5. The van der Waals surface area contributed by atoms with Crippen LogP contribution in [0.2, 0.25) is 0 Å². The van der Waals surface area contributed by atoms with Gasteiger partial charge in [-0.1, -0.05) is 87.9 Å². The molecule has 4 rings (SSSR count). The Morgan fingerprint density at radius 3 is 2.38 bits per heavy atom. The fourth-order valence-corrected chi connectivity index (χ4v) is 5.39. The molecule has 1 fully saturated rings. The van der Waals surface area contributed by atoms with Gasteiger partial charge in [-0.05, 0) is 54.2 Å². The number of rotatable bonds is 12. The number of piperidine rings is 1. The first-order chi connectivity index (χ1) is 19.3. The van der Waals surface area contributed by atoms with E-state index in [-0.39, 0.29) is 23.8 Å². The highest BCUT2D eigenvalue weighted by molar-refractivity contribution is 5.99. The summed E-state index contributed by atoms with van der Waals surface area (Å²) in [5.41, 5.74) is 4.58. The van der Waals surface area contributed by atoms with E-state index in [9.17, 15) is 14.7 Å². The molecule has 0 aromatic heterocycles. The number of hydrogen-bond donors (Lipinski definition) is 3. The molecule has 1 aliphatic heterocycles. The summed E-state index contributed by atoms with van der Waals surface area (Å²) in [6.45, 7) is 7.14. The number of carbonyl (C=O) groups excluding carboxylic acids is 2. The van der Waals surface area contributed by atoms with E-state index in [1.807, 2.05) is 79.4 Å². The quantitative estimate of drug-likeness (QED) is 0.293. The van der Waals surface area contributed by atoms with Crippen LogP contribution in [-0.4, -0.2) is 48.2 Å². The zero-order chi connectivity index (χ0) is 28.5. The molecule has 2 amide bonds. The molecule has 212 valence electrons. The number of hydrogen-bond acceptors (Lipinski definition) is 4. The molecule has 3 aromatic rings. The van der Waals surface area contributed by atoms with Gasteiger partial charge in [-0.2, -0.15) is 0 Å². The molecule has 3 N–H and O–H groups in total. The Balaban J connectivity index is 1.59. The van der Waals surface area contributed by atoms with Crippen LogP contribution in [0.3, 0.4) is 0 Å². The second kappa shape index (κ2) is 14.2. The van der Waals surface area contributed by atoms with Crippen molar-refractivity contribution in [2.45, 2.75) is 77.0 Å². The molecule has 0 aliphatic carbocycles. The topological polar surface area (TPSA) is 81.7 Å². The van der Waals surface area contributed by atoms with Gasteiger partial charge < -0.3 is 20.6 Å². The van der Waals surface area contributed by atoms with Gasteiger partial charge in [-0.3, -0.25) is 9.59 Å². The van der Waals surface area contributed by atoms with Crippen LogP contribution >= 0.6 is 0 Å². The Bertz CT molecular complexity index is 1250. The lowest BCUT2D eigenvalue weighted by molar-refractivity contribution is -0.119. The molecule has 6 nitrogen and oxygen atoms in total. The van der Waals surface area contributed by atoms with Crippen LogP contribution in [0.25, 0.3) is 0 Å². The zero-order valence-corrected chi connectivity index (χ0v) is 24.0. The van der Waals surface area contributed by atoms with Crippen LogP contribution in [0.1, 0.15) is 73.0 Å². The van der Waals surface area contributed by atoms with E-state index < -0.39 is 12.1 Å². The summed E-state index contributed by atoms with van der Waals surface area (Å²) in [5, 5.41) is 17.5. The number of nitrogens with one attached hydrogen (secondary N) is 2. The largest absolute Gasteiger partial charge is 0.390 e. The van der Waals surface area contributed by atoms with Crippen molar-refractivity contribution in [1.82, 2.24) is 10.6 Å². The lowest BCUT2D eigenvalue weighted by Crippen LogP contribution is -2.49. The van der Waals surface area contributed by atoms with E-state index in [2.05, 4.69) is 35.8 Å². The average molecular weight is 542 g/mol. The van der Waals surface area contributed by atoms with Crippen molar-refractivity contribution in [3.05, 3.63) is 101 Å². The number of aryl methyl sites for hydroxylation is 1. The summed E-state index contributed by atoms with van der Waals surface area (Å²) in [7, 11) is 0. The van der Waals surface area contributed by atoms with Crippen LogP contribution in [0.4, 0.5) is 5.69 Å². The second-order valence-electron chi connectivity index (χ2n) is 11.2. The number of carbonyl (C=O) groups is 2. The van der Waals surface area contributed by atoms with Gasteiger partial charge in [0.1, 0.15) is 0 Å². The summed E-state index contributed by atoms with van der Waals surface area (Å²) in [6.07, 6.45) is 2.80. The lowest BCUT2D eigenvalue weighted by Gasteiger charge is -2.33. The Labute approximate surface area is 238 Å². The first-order valence-corrected chi connectivity index (χ1v) is 14.6. The zero-order valence-electron chi connectivity index (χ0n) is 24.0. The van der Waals surface area contributed by atoms with Crippen molar-refractivity contribution in [3.8, 4) is 0 Å². The highest BCUT2D eigenvalue weighted by Gasteiger charge is 2.29. The van der Waals surface area contributed by atoms with Crippen molar-refractivity contribution in [3.63, 3.8) is 0 Å². The highest BCUT2D eigenvalue weighted by Crippen LogP contribution is 2.32. The Hall–Kier alpha value is -3.48. The maximum atomic E-state index is 13.7. The van der Waals surface area contributed by atoms with Gasteiger partial charge >= 0.3 is 0 Å². The fourth-order valence-electron chi connectivity index (χ4n) is 5.39. The van der Waals surface area contributed by atoms with Crippen LogP contribution in [0.15, 0.2) is 78.9 Å². The standard InChI is InChI=1S/C34H43N3O3/c1-4-11-26-18-29(21-30(19-26)37-23-28(16-17-33(37)39)27-14-9-6-10-15-27)34(40)36-31(32(38)22-35-24(2)3)20-25-12-7-5-8-13-25/h5-10,12-15,18-19,21,24,28,31-32,35,38H,4,11,16-17,20,22-23H2,1-3H3,(H,36,40)/t28?,31-,32+/m0/s1. The van der Waals surface area contributed by atoms with Gasteiger partial charge in [0.2, 0.25) is 5.91 Å². The minimum atomic E-state index is -0.764. The van der Waals surface area contributed by atoms with E-state index >= 15 is 0 Å². The molecule has 1 unspecified atom stereocenters. The van der Waals surface area contributed by atoms with Gasteiger partial charge in [0.25, 0.3) is 5.91 Å². The molecule has 0 radical (unpaired) electrons. The molecule has 1 saturated heterocycles. The van der Waals surface area contributed by atoms with Crippen molar-refractivity contribution in [2.24, 2.45) is 0 Å². The molecule has 1 heterocycles. The summed E-state index contributed by atoms with van der Waals surface area (Å²) < 4.78 is 0. The van der Waals surface area contributed by atoms with Gasteiger partial charge in [0, 0.05) is 42.7 Å². The molecule has 3 atom stereocenters. The molecule has 40 heavy (non-hydrogen) atoms. The normalized spacial score (nSPS) is 17.1. The Morgan fingerprint density at radius 1 is 1.00 bits per heavy atom. The molecule has 0 bridgehead atoms. The van der Waals surface area contributed by atoms with Crippen molar-refractivity contribution in [1.29, 1.82) is 0 Å². The monoisotopic (exact) mass is 541 g/mol. The number of nitrogens with zero attached hydrogens (tertiary/aromatic N) is 1. The molecule has 1 aliphatic rings. The maximum Gasteiger partial charge on any atom is 0.251 e. The summed E-state index contributed by atoms with van der Waals surface area (Å²) >= 11 is 0. The van der Waals surface area contributed by atoms with Crippen LogP contribution in [0, 0.1) is 0 Å². The number of aliphatic hydroxyl groups excluding tert-OH is 1. The van der Waals surface area contributed by atoms with Gasteiger partial charge in [0.15, 0.2) is 0 Å². The molecular formula is C34H43N3O3. The number of benzene rings is 3. The third-order valence-electron chi connectivity index (χ3n) is 7.59. The SMILES string of the molecule is CCCc1cc(C(=O)N[C@@H](Cc2ccccc2)[C@H](O)CNC(C)C)cc(N2CC(c3ccccc3)CCC2=O)c1. The van der Waals surface area contributed by atoms with Crippen molar-refractivity contribution < 1.29 is 14.7 Å². The van der Waals surface area contributed by atoms with Gasteiger partial charge in [0.05, 0.1) is 12.1 Å². The summed E-state index contributed by atoms with van der Waals surface area (Å²) in [5.74, 6) is 0.0991. The van der Waals surface area contributed by atoms with E-state index in [0.29, 0.717) is 31.5 Å². The second-order valence-corrected chi connectivity index (χ2v) is 11.2. The molecular weight excluding hydrogens is 498 g/mol. The summed E-state index contributed by atoms with van der Waals surface area (Å²) in [6, 6.07) is 25.8. The minimum absolute atomic E-state index is 0.0873.